The van der Waals surface area contributed by atoms with E-state index in [4.69, 9.17) is 5.11 Å². The zero-order valence-corrected chi connectivity index (χ0v) is 10.9. The summed E-state index contributed by atoms with van der Waals surface area (Å²) in [5.74, 6) is -0.198. The molecule has 1 unspecified atom stereocenters. The molecule has 0 saturated carbocycles. The largest absolute Gasteiger partial charge is 0.396 e. The number of halogens is 2. The molecule has 1 atom stereocenters. The zero-order valence-electron chi connectivity index (χ0n) is 9.34. The maximum atomic E-state index is 13.6. The maximum absolute atomic E-state index is 13.6. The minimum atomic E-state index is -0.198. The van der Waals surface area contributed by atoms with E-state index < -0.39 is 0 Å². The second-order valence-electron chi connectivity index (χ2n) is 3.77. The van der Waals surface area contributed by atoms with Crippen LogP contribution in [0.25, 0.3) is 0 Å². The van der Waals surface area contributed by atoms with Crippen LogP contribution in [0, 0.1) is 5.82 Å². The first-order valence-corrected chi connectivity index (χ1v) is 6.23. The van der Waals surface area contributed by atoms with Crippen molar-refractivity contribution in [2.45, 2.75) is 25.8 Å². The molecule has 1 aromatic rings. The molecule has 2 nitrogen and oxygen atoms in total. The monoisotopic (exact) mass is 289 g/mol. The van der Waals surface area contributed by atoms with E-state index in [1.165, 1.54) is 6.07 Å². The predicted molar refractivity (Wildman–Crippen MR) is 66.8 cm³/mol. The van der Waals surface area contributed by atoms with Gasteiger partial charge in [0.15, 0.2) is 0 Å². The van der Waals surface area contributed by atoms with Crippen molar-refractivity contribution in [3.05, 3.63) is 34.1 Å². The summed E-state index contributed by atoms with van der Waals surface area (Å²) in [4.78, 5) is 0. The lowest BCUT2D eigenvalue weighted by atomic mass is 10.1. The van der Waals surface area contributed by atoms with Crippen LogP contribution < -0.4 is 5.32 Å². The summed E-state index contributed by atoms with van der Waals surface area (Å²) in [6.07, 6.45) is 1.68. The van der Waals surface area contributed by atoms with Gasteiger partial charge in [-0.1, -0.05) is 22.0 Å². The fraction of sp³-hybridized carbons (Fsp3) is 0.500. The Morgan fingerprint density at radius 3 is 2.81 bits per heavy atom. The Hall–Kier alpha value is -0.450. The lowest BCUT2D eigenvalue weighted by Crippen LogP contribution is -2.21. The summed E-state index contributed by atoms with van der Waals surface area (Å²) in [5.41, 5.74) is 0.673. The fourth-order valence-corrected chi connectivity index (χ4v) is 1.85. The van der Waals surface area contributed by atoms with E-state index in [9.17, 15) is 4.39 Å². The quantitative estimate of drug-likeness (QED) is 0.789. The molecule has 0 radical (unpaired) electrons. The van der Waals surface area contributed by atoms with E-state index in [0.717, 1.165) is 23.9 Å². The molecule has 0 aliphatic carbocycles. The minimum Gasteiger partial charge on any atom is -0.396 e. The van der Waals surface area contributed by atoms with Crippen LogP contribution in [0.1, 0.15) is 31.4 Å². The van der Waals surface area contributed by atoms with Gasteiger partial charge < -0.3 is 10.4 Å². The number of unbranched alkanes of at least 4 members (excludes halogenated alkanes) is 1. The van der Waals surface area contributed by atoms with E-state index in [-0.39, 0.29) is 18.5 Å². The van der Waals surface area contributed by atoms with Gasteiger partial charge in [0.2, 0.25) is 0 Å². The smallest absolute Gasteiger partial charge is 0.129 e. The SMILES string of the molecule is CC(NCCCCO)c1ccc(Br)cc1F. The molecule has 16 heavy (non-hydrogen) atoms. The van der Waals surface area contributed by atoms with Gasteiger partial charge in [-0.05, 0) is 38.4 Å². The average Bonchev–Trinajstić information content (AvgIpc) is 2.24. The van der Waals surface area contributed by atoms with Crippen molar-refractivity contribution in [3.63, 3.8) is 0 Å². The first-order chi connectivity index (χ1) is 7.65. The number of aliphatic hydroxyl groups excluding tert-OH is 1. The van der Waals surface area contributed by atoms with Gasteiger partial charge in [0.1, 0.15) is 5.82 Å². The number of aliphatic hydroxyl groups is 1. The van der Waals surface area contributed by atoms with Crippen molar-refractivity contribution >= 4 is 15.9 Å². The zero-order chi connectivity index (χ0) is 12.0. The molecule has 0 fully saturated rings. The molecule has 0 saturated heterocycles. The second-order valence-corrected chi connectivity index (χ2v) is 4.69. The number of hydrogen-bond donors (Lipinski definition) is 2. The number of nitrogens with one attached hydrogen (secondary N) is 1. The van der Waals surface area contributed by atoms with Crippen LogP contribution >= 0.6 is 15.9 Å². The third-order valence-corrected chi connectivity index (χ3v) is 2.96. The van der Waals surface area contributed by atoms with Crippen LogP contribution in [0.5, 0.6) is 0 Å². The normalized spacial score (nSPS) is 12.8. The summed E-state index contributed by atoms with van der Waals surface area (Å²) < 4.78 is 14.3. The molecular formula is C12H17BrFNO. The minimum absolute atomic E-state index is 0.00760. The Morgan fingerprint density at radius 2 is 2.19 bits per heavy atom. The van der Waals surface area contributed by atoms with Crippen molar-refractivity contribution in [2.75, 3.05) is 13.2 Å². The topological polar surface area (TPSA) is 32.3 Å². The van der Waals surface area contributed by atoms with E-state index in [0.29, 0.717) is 5.56 Å². The highest BCUT2D eigenvalue weighted by Crippen LogP contribution is 2.20. The second kappa shape index (κ2) is 6.99. The van der Waals surface area contributed by atoms with Crippen molar-refractivity contribution in [1.82, 2.24) is 5.32 Å². The van der Waals surface area contributed by atoms with Crippen LogP contribution in [0.2, 0.25) is 0 Å². The van der Waals surface area contributed by atoms with Gasteiger partial charge in [-0.15, -0.1) is 0 Å². The van der Waals surface area contributed by atoms with E-state index in [1.54, 1.807) is 6.07 Å². The molecule has 90 valence electrons. The molecule has 4 heteroatoms. The molecular weight excluding hydrogens is 273 g/mol. The maximum Gasteiger partial charge on any atom is 0.129 e. The van der Waals surface area contributed by atoms with E-state index in [1.807, 2.05) is 13.0 Å². The number of hydrogen-bond acceptors (Lipinski definition) is 2. The molecule has 0 aliphatic rings. The van der Waals surface area contributed by atoms with Crippen molar-refractivity contribution in [2.24, 2.45) is 0 Å². The third-order valence-electron chi connectivity index (χ3n) is 2.46. The van der Waals surface area contributed by atoms with Crippen LogP contribution in [-0.4, -0.2) is 18.3 Å². The van der Waals surface area contributed by atoms with Gasteiger partial charge in [0.05, 0.1) is 0 Å². The molecule has 1 rings (SSSR count). The van der Waals surface area contributed by atoms with Crippen molar-refractivity contribution in [3.8, 4) is 0 Å². The highest BCUT2D eigenvalue weighted by Gasteiger charge is 2.09. The Bertz CT molecular complexity index is 333. The van der Waals surface area contributed by atoms with Gasteiger partial charge >= 0.3 is 0 Å². The van der Waals surface area contributed by atoms with Crippen LogP contribution in [0.3, 0.4) is 0 Å². The predicted octanol–water partition coefficient (Wildman–Crippen LogP) is 3.01. The lowest BCUT2D eigenvalue weighted by Gasteiger charge is -2.15. The summed E-state index contributed by atoms with van der Waals surface area (Å²) in [5, 5.41) is 11.9. The van der Waals surface area contributed by atoms with Gasteiger partial charge in [0.25, 0.3) is 0 Å². The van der Waals surface area contributed by atoms with Gasteiger partial charge in [0, 0.05) is 22.7 Å². The Labute approximate surface area is 104 Å². The Balaban J connectivity index is 2.49. The first-order valence-electron chi connectivity index (χ1n) is 5.44. The van der Waals surface area contributed by atoms with Crippen molar-refractivity contribution in [1.29, 1.82) is 0 Å². The van der Waals surface area contributed by atoms with Crippen LogP contribution in [-0.2, 0) is 0 Å². The molecule has 0 aromatic heterocycles. The van der Waals surface area contributed by atoms with Crippen molar-refractivity contribution < 1.29 is 9.50 Å². The molecule has 0 spiro atoms. The molecule has 0 amide bonds. The molecule has 2 N–H and O–H groups in total. The number of rotatable bonds is 6. The van der Waals surface area contributed by atoms with Gasteiger partial charge in [-0.25, -0.2) is 4.39 Å². The molecule has 0 bridgehead atoms. The van der Waals surface area contributed by atoms with Gasteiger partial charge in [-0.3, -0.25) is 0 Å². The summed E-state index contributed by atoms with van der Waals surface area (Å²) in [6, 6.07) is 5.08. The lowest BCUT2D eigenvalue weighted by molar-refractivity contribution is 0.282. The standard InChI is InChI=1S/C12H17BrFNO/c1-9(15-6-2-3-7-16)11-5-4-10(13)8-12(11)14/h4-5,8-9,15-16H,2-3,6-7H2,1H3. The van der Waals surface area contributed by atoms with E-state index in [2.05, 4.69) is 21.2 Å². The van der Waals surface area contributed by atoms with Gasteiger partial charge in [-0.2, -0.15) is 0 Å². The highest BCUT2D eigenvalue weighted by atomic mass is 79.9. The average molecular weight is 290 g/mol. The summed E-state index contributed by atoms with van der Waals surface area (Å²) >= 11 is 3.23. The van der Waals surface area contributed by atoms with E-state index >= 15 is 0 Å². The van der Waals surface area contributed by atoms with Crippen LogP contribution in [0.4, 0.5) is 4.39 Å². The molecule has 0 heterocycles. The number of benzene rings is 1. The Morgan fingerprint density at radius 1 is 1.44 bits per heavy atom. The summed E-state index contributed by atoms with van der Waals surface area (Å²) in [6.45, 7) is 2.94. The summed E-state index contributed by atoms with van der Waals surface area (Å²) in [7, 11) is 0. The fourth-order valence-electron chi connectivity index (χ4n) is 1.52. The molecule has 0 aliphatic heterocycles. The molecule has 1 aromatic carbocycles. The Kier molecular flexibility index (Phi) is 5.95. The van der Waals surface area contributed by atoms with Crippen LogP contribution in [0.15, 0.2) is 22.7 Å². The highest BCUT2D eigenvalue weighted by molar-refractivity contribution is 9.10. The first kappa shape index (κ1) is 13.6. The third kappa shape index (κ3) is 4.20.